The van der Waals surface area contributed by atoms with Crippen molar-refractivity contribution in [2.24, 2.45) is 0 Å². The first-order chi connectivity index (χ1) is 15.6. The average Bonchev–Trinajstić information content (AvgIpc) is 3.37. The van der Waals surface area contributed by atoms with E-state index in [1.807, 2.05) is 56.0 Å². The van der Waals surface area contributed by atoms with Crippen LogP contribution < -0.4 is 0 Å². The van der Waals surface area contributed by atoms with Crippen molar-refractivity contribution in [1.82, 2.24) is 24.3 Å². The molecular formula is C23H26BrN5O3S. The van der Waals surface area contributed by atoms with Gasteiger partial charge in [-0.05, 0) is 61.5 Å². The van der Waals surface area contributed by atoms with Crippen LogP contribution in [-0.4, -0.2) is 72.4 Å². The standard InChI is InChI=1S/C23H26BrN5O3S/c1-23(2,3)29(22(31)32)16-7-8-27(12-16)20(30)14-5-6-17-18(9-14)28(13-19(17)33-4)21-25-10-15(24)11-26-21/h5-6,9-11,13,16H,7-8,12H2,1-4H3,(H,31,32). The monoisotopic (exact) mass is 531 g/mol. The SMILES string of the molecule is CSc1cn(-c2ncc(Br)cn2)c2cc(C(=O)N3CCC(N(C(=O)O)C(C)(C)C)C3)ccc12. The van der Waals surface area contributed by atoms with Crippen LogP contribution in [0.5, 0.6) is 0 Å². The maximum Gasteiger partial charge on any atom is 0.408 e. The second-order valence-electron chi connectivity index (χ2n) is 9.02. The largest absolute Gasteiger partial charge is 0.465 e. The van der Waals surface area contributed by atoms with Crippen molar-refractivity contribution in [3.05, 3.63) is 46.8 Å². The van der Waals surface area contributed by atoms with Crippen molar-refractivity contribution in [2.45, 2.75) is 43.7 Å². The molecule has 174 valence electrons. The third-order valence-corrected chi connectivity index (χ3v) is 6.98. The zero-order chi connectivity index (χ0) is 23.9. The highest BCUT2D eigenvalue weighted by atomic mass is 79.9. The molecule has 0 aliphatic carbocycles. The number of likely N-dealkylation sites (tertiary alicyclic amines) is 1. The van der Waals surface area contributed by atoms with Crippen LogP contribution in [0.4, 0.5) is 4.79 Å². The number of benzene rings is 1. The number of carbonyl (C=O) groups excluding carboxylic acids is 1. The highest BCUT2D eigenvalue weighted by Crippen LogP contribution is 2.32. The molecule has 3 heterocycles. The second-order valence-corrected chi connectivity index (χ2v) is 10.8. The normalized spacial score (nSPS) is 16.4. The Morgan fingerprint density at radius 2 is 1.94 bits per heavy atom. The van der Waals surface area contributed by atoms with Crippen molar-refractivity contribution in [2.75, 3.05) is 19.3 Å². The smallest absolute Gasteiger partial charge is 0.408 e. The van der Waals surface area contributed by atoms with E-state index in [9.17, 15) is 14.7 Å². The van der Waals surface area contributed by atoms with Crippen molar-refractivity contribution in [3.8, 4) is 5.95 Å². The number of nitrogens with zero attached hydrogens (tertiary/aromatic N) is 5. The van der Waals surface area contributed by atoms with Gasteiger partial charge in [-0.1, -0.05) is 6.07 Å². The van der Waals surface area contributed by atoms with E-state index in [1.54, 1.807) is 29.1 Å². The van der Waals surface area contributed by atoms with Crippen LogP contribution in [0.2, 0.25) is 0 Å². The number of halogens is 1. The topological polar surface area (TPSA) is 91.6 Å². The summed E-state index contributed by atoms with van der Waals surface area (Å²) in [5.41, 5.74) is 0.879. The number of carbonyl (C=O) groups is 2. The minimum absolute atomic E-state index is 0.103. The van der Waals surface area contributed by atoms with Crippen LogP contribution in [-0.2, 0) is 0 Å². The number of aromatic nitrogens is 3. The molecule has 10 heteroatoms. The number of amides is 2. The molecule has 8 nitrogen and oxygen atoms in total. The van der Waals surface area contributed by atoms with E-state index < -0.39 is 11.6 Å². The Hall–Kier alpha value is -2.59. The van der Waals surface area contributed by atoms with Crippen LogP contribution >= 0.6 is 27.7 Å². The van der Waals surface area contributed by atoms with E-state index in [2.05, 4.69) is 25.9 Å². The lowest BCUT2D eigenvalue weighted by Gasteiger charge is -2.37. The minimum atomic E-state index is -0.958. The molecule has 0 radical (unpaired) electrons. The van der Waals surface area contributed by atoms with Gasteiger partial charge in [0.2, 0.25) is 5.95 Å². The lowest BCUT2D eigenvalue weighted by Crippen LogP contribution is -2.52. The van der Waals surface area contributed by atoms with E-state index >= 15 is 0 Å². The fraction of sp³-hybridized carbons (Fsp3) is 0.391. The molecule has 33 heavy (non-hydrogen) atoms. The summed E-state index contributed by atoms with van der Waals surface area (Å²) in [4.78, 5) is 38.3. The Morgan fingerprint density at radius 1 is 1.24 bits per heavy atom. The Bertz CT molecular complexity index is 1210. The summed E-state index contributed by atoms with van der Waals surface area (Å²) in [5.74, 6) is 0.422. The van der Waals surface area contributed by atoms with Crippen LogP contribution in [0.1, 0.15) is 37.6 Å². The molecule has 0 bridgehead atoms. The molecular weight excluding hydrogens is 506 g/mol. The van der Waals surface area contributed by atoms with E-state index in [0.717, 1.165) is 20.3 Å². The number of hydrogen-bond acceptors (Lipinski definition) is 5. The van der Waals surface area contributed by atoms with Gasteiger partial charge in [0.15, 0.2) is 0 Å². The molecule has 2 amide bonds. The molecule has 4 rings (SSSR count). The van der Waals surface area contributed by atoms with Crippen molar-refractivity contribution < 1.29 is 14.7 Å². The van der Waals surface area contributed by atoms with Crippen LogP contribution in [0.15, 0.2) is 46.2 Å². The molecule has 0 spiro atoms. The van der Waals surface area contributed by atoms with E-state index in [1.165, 1.54) is 4.90 Å². The van der Waals surface area contributed by atoms with Gasteiger partial charge >= 0.3 is 6.09 Å². The van der Waals surface area contributed by atoms with E-state index in [-0.39, 0.29) is 11.9 Å². The molecule has 0 saturated carbocycles. The number of carboxylic acid groups (broad SMARTS) is 1. The number of fused-ring (bicyclic) bond motifs is 1. The predicted octanol–water partition coefficient (Wildman–Crippen LogP) is 4.90. The number of hydrogen-bond donors (Lipinski definition) is 1. The summed E-state index contributed by atoms with van der Waals surface area (Å²) in [5, 5.41) is 10.7. The van der Waals surface area contributed by atoms with Gasteiger partial charge in [-0.15, -0.1) is 11.8 Å². The Balaban J connectivity index is 1.65. The zero-order valence-corrected chi connectivity index (χ0v) is 21.4. The van der Waals surface area contributed by atoms with E-state index in [0.29, 0.717) is 31.0 Å². The summed E-state index contributed by atoms with van der Waals surface area (Å²) in [6.07, 6.45) is 7.03. The molecule has 1 aliphatic rings. The fourth-order valence-corrected chi connectivity index (χ4v) is 5.21. The summed E-state index contributed by atoms with van der Waals surface area (Å²) in [6.45, 7) is 6.53. The van der Waals surface area contributed by atoms with Gasteiger partial charge in [0.1, 0.15) is 0 Å². The van der Waals surface area contributed by atoms with Crippen LogP contribution in [0.3, 0.4) is 0 Å². The van der Waals surface area contributed by atoms with Gasteiger partial charge in [0.05, 0.1) is 16.0 Å². The van der Waals surface area contributed by atoms with Gasteiger partial charge in [-0.2, -0.15) is 0 Å². The molecule has 1 aliphatic heterocycles. The number of rotatable bonds is 4. The molecule has 1 atom stereocenters. The quantitative estimate of drug-likeness (QED) is 0.481. The molecule has 2 aromatic heterocycles. The van der Waals surface area contributed by atoms with Crippen LogP contribution in [0, 0.1) is 0 Å². The lowest BCUT2D eigenvalue weighted by atomic mass is 10.0. The third kappa shape index (κ3) is 4.59. The van der Waals surface area contributed by atoms with Crippen molar-refractivity contribution in [1.29, 1.82) is 0 Å². The first kappa shape index (κ1) is 23.6. The number of thioether (sulfide) groups is 1. The maximum absolute atomic E-state index is 13.4. The Morgan fingerprint density at radius 3 is 2.55 bits per heavy atom. The van der Waals surface area contributed by atoms with E-state index in [4.69, 9.17) is 0 Å². The molecule has 1 fully saturated rings. The maximum atomic E-state index is 13.4. The van der Waals surface area contributed by atoms with Gasteiger partial charge in [-0.25, -0.2) is 14.8 Å². The Kier molecular flexibility index (Phi) is 6.41. The molecule has 1 N–H and O–H groups in total. The predicted molar refractivity (Wildman–Crippen MR) is 132 cm³/mol. The van der Waals surface area contributed by atoms with Crippen molar-refractivity contribution >= 4 is 50.6 Å². The average molecular weight is 532 g/mol. The first-order valence-electron chi connectivity index (χ1n) is 10.6. The minimum Gasteiger partial charge on any atom is -0.465 e. The van der Waals surface area contributed by atoms with Gasteiger partial charge in [-0.3, -0.25) is 14.3 Å². The van der Waals surface area contributed by atoms with Gasteiger partial charge < -0.3 is 10.0 Å². The fourth-order valence-electron chi connectivity index (χ4n) is 4.40. The first-order valence-corrected chi connectivity index (χ1v) is 12.6. The Labute approximate surface area is 205 Å². The molecule has 1 aromatic carbocycles. The molecule has 3 aromatic rings. The highest BCUT2D eigenvalue weighted by molar-refractivity contribution is 9.10. The van der Waals surface area contributed by atoms with Gasteiger partial charge in [0.25, 0.3) is 5.91 Å². The summed E-state index contributed by atoms with van der Waals surface area (Å²) in [7, 11) is 0. The molecule has 1 saturated heterocycles. The zero-order valence-electron chi connectivity index (χ0n) is 18.9. The highest BCUT2D eigenvalue weighted by Gasteiger charge is 2.38. The van der Waals surface area contributed by atoms with Gasteiger partial charge in [0, 0.05) is 53.1 Å². The summed E-state index contributed by atoms with van der Waals surface area (Å²) in [6, 6.07) is 5.44. The summed E-state index contributed by atoms with van der Waals surface area (Å²) < 4.78 is 2.68. The van der Waals surface area contributed by atoms with Crippen LogP contribution in [0.25, 0.3) is 16.9 Å². The second kappa shape index (κ2) is 8.98. The van der Waals surface area contributed by atoms with Crippen molar-refractivity contribution in [3.63, 3.8) is 0 Å². The third-order valence-electron chi connectivity index (χ3n) is 5.80. The molecule has 1 unspecified atom stereocenters. The summed E-state index contributed by atoms with van der Waals surface area (Å²) >= 11 is 4.99. The lowest BCUT2D eigenvalue weighted by molar-refractivity contribution is 0.0649.